The molecular formula is C19H16N4O2S2. The molecule has 1 N–H and O–H groups in total. The molecule has 0 fully saturated rings. The van der Waals surface area contributed by atoms with Crippen molar-refractivity contribution >= 4 is 55.8 Å². The van der Waals surface area contributed by atoms with Crippen molar-refractivity contribution in [1.82, 2.24) is 14.5 Å². The third-order valence-electron chi connectivity index (χ3n) is 4.22. The summed E-state index contributed by atoms with van der Waals surface area (Å²) in [6.45, 7) is 1.80. The number of benzene rings is 1. The molecule has 0 aliphatic heterocycles. The van der Waals surface area contributed by atoms with E-state index in [-0.39, 0.29) is 11.5 Å². The number of hydrogen-bond donors (Lipinski definition) is 1. The Kier molecular flexibility index (Phi) is 4.67. The van der Waals surface area contributed by atoms with Gasteiger partial charge >= 0.3 is 0 Å². The number of nitrogens with zero attached hydrogens (tertiary/aromatic N) is 3. The molecule has 4 rings (SSSR count). The fraction of sp³-hybridized carbons (Fsp3) is 0.158. The van der Waals surface area contributed by atoms with E-state index in [0.29, 0.717) is 21.1 Å². The van der Waals surface area contributed by atoms with E-state index in [2.05, 4.69) is 15.3 Å². The number of carbonyl (C=O) groups is 1. The molecule has 136 valence electrons. The number of amides is 1. The van der Waals surface area contributed by atoms with Gasteiger partial charge < -0.3 is 5.32 Å². The summed E-state index contributed by atoms with van der Waals surface area (Å²) < 4.78 is 1.49. The van der Waals surface area contributed by atoms with E-state index in [1.807, 2.05) is 35.7 Å². The van der Waals surface area contributed by atoms with Crippen LogP contribution in [-0.2, 0) is 11.8 Å². The number of carbonyl (C=O) groups excluding carboxylic acids is 1. The van der Waals surface area contributed by atoms with Crippen molar-refractivity contribution in [2.45, 2.75) is 17.3 Å². The molecule has 0 saturated heterocycles. The van der Waals surface area contributed by atoms with Crippen LogP contribution in [0.25, 0.3) is 21.1 Å². The maximum absolute atomic E-state index is 12.7. The van der Waals surface area contributed by atoms with Gasteiger partial charge in [0.1, 0.15) is 4.83 Å². The summed E-state index contributed by atoms with van der Waals surface area (Å²) >= 11 is 2.68. The van der Waals surface area contributed by atoms with Crippen LogP contribution in [0.15, 0.2) is 57.9 Å². The minimum atomic E-state index is -0.424. The van der Waals surface area contributed by atoms with Crippen LogP contribution in [0.2, 0.25) is 0 Å². The monoisotopic (exact) mass is 396 g/mol. The van der Waals surface area contributed by atoms with Crippen LogP contribution in [0.5, 0.6) is 0 Å². The molecule has 8 heteroatoms. The van der Waals surface area contributed by atoms with Crippen molar-refractivity contribution in [3.63, 3.8) is 0 Å². The molecule has 4 aromatic rings. The predicted molar refractivity (Wildman–Crippen MR) is 111 cm³/mol. The van der Waals surface area contributed by atoms with Crippen LogP contribution in [0.4, 0.5) is 5.69 Å². The highest BCUT2D eigenvalue weighted by Gasteiger charge is 2.19. The maximum atomic E-state index is 12.7. The molecule has 6 nitrogen and oxygen atoms in total. The standard InChI is InChI=1S/C19H16N4O2S2/c1-11(27-19-22-17-13(8-10-26-17)18(25)23(19)2)16(24)21-15-7-3-6-14-12(15)5-4-9-20-14/h3-11H,1-2H3,(H,21,24). The first-order valence-corrected chi connectivity index (χ1v) is 10.1. The first-order chi connectivity index (χ1) is 13.0. The summed E-state index contributed by atoms with van der Waals surface area (Å²) in [4.78, 5) is 34.6. The van der Waals surface area contributed by atoms with Gasteiger partial charge in [-0.25, -0.2) is 4.98 Å². The quantitative estimate of drug-likeness (QED) is 0.421. The molecule has 1 unspecified atom stereocenters. The third kappa shape index (κ3) is 3.33. The molecule has 0 saturated carbocycles. The van der Waals surface area contributed by atoms with E-state index in [1.54, 1.807) is 26.2 Å². The van der Waals surface area contributed by atoms with Gasteiger partial charge in [0.25, 0.3) is 5.56 Å². The number of aromatic nitrogens is 3. The van der Waals surface area contributed by atoms with Gasteiger partial charge in [-0.3, -0.25) is 19.1 Å². The summed E-state index contributed by atoms with van der Waals surface area (Å²) in [6.07, 6.45) is 1.72. The Morgan fingerprint density at radius 2 is 2.07 bits per heavy atom. The van der Waals surface area contributed by atoms with Gasteiger partial charge in [-0.05, 0) is 42.6 Å². The first kappa shape index (κ1) is 17.7. The highest BCUT2D eigenvalue weighted by atomic mass is 32.2. The lowest BCUT2D eigenvalue weighted by Crippen LogP contribution is -2.25. The highest BCUT2D eigenvalue weighted by Crippen LogP contribution is 2.26. The molecule has 27 heavy (non-hydrogen) atoms. The molecule has 3 heterocycles. The largest absolute Gasteiger partial charge is 0.324 e. The van der Waals surface area contributed by atoms with E-state index in [9.17, 15) is 9.59 Å². The third-order valence-corrected chi connectivity index (χ3v) is 6.17. The number of rotatable bonds is 4. The van der Waals surface area contributed by atoms with Crippen molar-refractivity contribution in [2.24, 2.45) is 7.05 Å². The van der Waals surface area contributed by atoms with Crippen LogP contribution in [-0.4, -0.2) is 25.7 Å². The summed E-state index contributed by atoms with van der Waals surface area (Å²) in [5, 5.41) is 6.39. The molecule has 1 atom stereocenters. The van der Waals surface area contributed by atoms with Crippen LogP contribution in [0.3, 0.4) is 0 Å². The van der Waals surface area contributed by atoms with Crippen molar-refractivity contribution in [3.8, 4) is 0 Å². The van der Waals surface area contributed by atoms with Crippen molar-refractivity contribution < 1.29 is 4.79 Å². The molecule has 0 aliphatic carbocycles. The van der Waals surface area contributed by atoms with Crippen molar-refractivity contribution in [3.05, 3.63) is 58.3 Å². The number of pyridine rings is 1. The highest BCUT2D eigenvalue weighted by molar-refractivity contribution is 8.00. The molecule has 0 radical (unpaired) electrons. The van der Waals surface area contributed by atoms with Crippen molar-refractivity contribution in [1.29, 1.82) is 0 Å². The Morgan fingerprint density at radius 3 is 2.93 bits per heavy atom. The number of thiophene rings is 1. The molecular weight excluding hydrogens is 380 g/mol. The minimum absolute atomic E-state index is 0.100. The van der Waals surface area contributed by atoms with Gasteiger partial charge in [0.2, 0.25) is 5.91 Å². The van der Waals surface area contributed by atoms with Crippen molar-refractivity contribution in [2.75, 3.05) is 5.32 Å². The number of hydrogen-bond acceptors (Lipinski definition) is 6. The minimum Gasteiger partial charge on any atom is -0.324 e. The second-order valence-corrected chi connectivity index (χ2v) is 8.23. The topological polar surface area (TPSA) is 76.9 Å². The van der Waals surface area contributed by atoms with Crippen LogP contribution in [0, 0.1) is 0 Å². The first-order valence-electron chi connectivity index (χ1n) is 8.30. The van der Waals surface area contributed by atoms with Gasteiger partial charge in [-0.1, -0.05) is 17.8 Å². The van der Waals surface area contributed by atoms with Gasteiger partial charge in [0.05, 0.1) is 21.8 Å². The molecule has 0 aliphatic rings. The Bertz CT molecular complexity index is 1210. The zero-order valence-electron chi connectivity index (χ0n) is 14.7. The van der Waals surface area contributed by atoms with Gasteiger partial charge in [0.15, 0.2) is 5.16 Å². The Hall–Kier alpha value is -2.71. The lowest BCUT2D eigenvalue weighted by molar-refractivity contribution is -0.115. The summed E-state index contributed by atoms with van der Waals surface area (Å²) in [6, 6.07) is 11.1. The van der Waals surface area contributed by atoms with Gasteiger partial charge in [-0.15, -0.1) is 11.3 Å². The molecule has 1 amide bonds. The predicted octanol–water partition coefficient (Wildman–Crippen LogP) is 3.66. The van der Waals surface area contributed by atoms with Crippen LogP contribution >= 0.6 is 23.1 Å². The van der Waals surface area contributed by atoms with E-state index in [4.69, 9.17) is 0 Å². The summed E-state index contributed by atoms with van der Waals surface area (Å²) in [5.41, 5.74) is 1.44. The normalized spacial score (nSPS) is 12.4. The zero-order chi connectivity index (χ0) is 19.0. The Balaban J connectivity index is 1.58. The number of thioether (sulfide) groups is 1. The van der Waals surface area contributed by atoms with Gasteiger partial charge in [0, 0.05) is 18.6 Å². The molecule has 0 bridgehead atoms. The van der Waals surface area contributed by atoms with Gasteiger partial charge in [-0.2, -0.15) is 0 Å². The lowest BCUT2D eigenvalue weighted by atomic mass is 10.2. The Labute approximate surface area is 163 Å². The van der Waals surface area contributed by atoms with E-state index < -0.39 is 5.25 Å². The van der Waals surface area contributed by atoms with Crippen LogP contribution < -0.4 is 10.9 Å². The number of nitrogens with one attached hydrogen (secondary N) is 1. The van der Waals surface area contributed by atoms with E-state index >= 15 is 0 Å². The molecule has 1 aromatic carbocycles. The maximum Gasteiger partial charge on any atom is 0.262 e. The van der Waals surface area contributed by atoms with E-state index in [1.165, 1.54) is 27.7 Å². The average molecular weight is 396 g/mol. The number of anilines is 1. The second-order valence-electron chi connectivity index (χ2n) is 6.02. The molecule has 0 spiro atoms. The summed E-state index contributed by atoms with van der Waals surface area (Å²) in [7, 11) is 1.68. The Morgan fingerprint density at radius 1 is 1.22 bits per heavy atom. The smallest absolute Gasteiger partial charge is 0.262 e. The summed E-state index contributed by atoms with van der Waals surface area (Å²) in [5.74, 6) is -0.156. The lowest BCUT2D eigenvalue weighted by Gasteiger charge is -2.14. The van der Waals surface area contributed by atoms with E-state index in [0.717, 1.165) is 10.9 Å². The molecule has 3 aromatic heterocycles. The zero-order valence-corrected chi connectivity index (χ0v) is 16.3. The fourth-order valence-electron chi connectivity index (χ4n) is 2.74. The SMILES string of the molecule is CC(Sc1nc2sccc2c(=O)n1C)C(=O)Nc1cccc2ncccc12. The number of fused-ring (bicyclic) bond motifs is 2. The average Bonchev–Trinajstić information content (AvgIpc) is 3.14. The second kappa shape index (κ2) is 7.13. The van der Waals surface area contributed by atoms with Crippen LogP contribution in [0.1, 0.15) is 6.92 Å². The fourth-order valence-corrected chi connectivity index (χ4v) is 4.42.